The van der Waals surface area contributed by atoms with E-state index in [0.717, 1.165) is 11.1 Å². The zero-order valence-electron chi connectivity index (χ0n) is 20.4. The lowest BCUT2D eigenvalue weighted by Crippen LogP contribution is -2.44. The summed E-state index contributed by atoms with van der Waals surface area (Å²) in [5.41, 5.74) is 1.95. The van der Waals surface area contributed by atoms with Gasteiger partial charge in [0.05, 0.1) is 13.3 Å². The number of nitrogens with one attached hydrogen (secondary N) is 1. The Morgan fingerprint density at radius 2 is 1.86 bits per heavy atom. The van der Waals surface area contributed by atoms with Crippen molar-refractivity contribution in [3.05, 3.63) is 54.6 Å². The van der Waals surface area contributed by atoms with Gasteiger partial charge in [0.15, 0.2) is 5.82 Å². The summed E-state index contributed by atoms with van der Waals surface area (Å²) < 4.78 is 25.6. The van der Waals surface area contributed by atoms with Crippen molar-refractivity contribution in [3.8, 4) is 28.3 Å². The molecule has 0 saturated carbocycles. The number of anilines is 1. The van der Waals surface area contributed by atoms with E-state index in [9.17, 15) is 9.18 Å². The number of likely N-dealkylation sites (tertiary alicyclic amines) is 1. The predicted octanol–water partition coefficient (Wildman–Crippen LogP) is 5.16. The quantitative estimate of drug-likeness (QED) is 0.540. The zero-order chi connectivity index (χ0) is 25.0. The van der Waals surface area contributed by atoms with Crippen LogP contribution in [0.5, 0.6) is 5.88 Å². The van der Waals surface area contributed by atoms with Gasteiger partial charge < -0.3 is 19.7 Å². The highest BCUT2D eigenvalue weighted by Gasteiger charge is 2.27. The second kappa shape index (κ2) is 10.2. The van der Waals surface area contributed by atoms with Gasteiger partial charge >= 0.3 is 6.09 Å². The predicted molar refractivity (Wildman–Crippen MR) is 132 cm³/mol. The fourth-order valence-corrected chi connectivity index (χ4v) is 3.96. The van der Waals surface area contributed by atoms with Gasteiger partial charge in [-0.2, -0.15) is 0 Å². The Balaban J connectivity index is 1.47. The Labute approximate surface area is 204 Å². The lowest BCUT2D eigenvalue weighted by atomic mass is 10.0. The van der Waals surface area contributed by atoms with E-state index in [1.54, 1.807) is 24.3 Å². The monoisotopic (exact) mass is 479 g/mol. The molecule has 1 amide bonds. The molecule has 3 heterocycles. The summed E-state index contributed by atoms with van der Waals surface area (Å²) in [6.07, 6.45) is 3.96. The van der Waals surface area contributed by atoms with Crippen LogP contribution in [-0.2, 0) is 4.74 Å². The number of rotatable bonds is 5. The minimum absolute atomic E-state index is 0.0676. The molecule has 1 aliphatic rings. The first-order valence-corrected chi connectivity index (χ1v) is 11.6. The fraction of sp³-hybridized carbons (Fsp3) is 0.385. The van der Waals surface area contributed by atoms with E-state index in [4.69, 9.17) is 9.47 Å². The maximum atomic E-state index is 14.7. The number of methoxy groups -OCH3 is 1. The number of pyridine rings is 1. The van der Waals surface area contributed by atoms with Gasteiger partial charge in [-0.3, -0.25) is 0 Å². The molecule has 3 aromatic rings. The second-order valence-corrected chi connectivity index (χ2v) is 9.42. The first-order chi connectivity index (χ1) is 16.7. The molecular weight excluding hydrogens is 449 g/mol. The lowest BCUT2D eigenvalue weighted by molar-refractivity contribution is 0.0210. The molecule has 2 aromatic heterocycles. The van der Waals surface area contributed by atoms with Gasteiger partial charge in [-0.05, 0) is 57.4 Å². The first-order valence-electron chi connectivity index (χ1n) is 11.6. The average molecular weight is 480 g/mol. The summed E-state index contributed by atoms with van der Waals surface area (Å²) >= 11 is 0. The Hall–Kier alpha value is -3.75. The van der Waals surface area contributed by atoms with Crippen molar-refractivity contribution >= 4 is 12.0 Å². The number of ether oxygens (including phenoxy) is 2. The van der Waals surface area contributed by atoms with Gasteiger partial charge in [-0.25, -0.2) is 24.1 Å². The number of nitrogens with zero attached hydrogens (tertiary/aromatic N) is 4. The Morgan fingerprint density at radius 3 is 2.57 bits per heavy atom. The van der Waals surface area contributed by atoms with E-state index >= 15 is 0 Å². The average Bonchev–Trinajstić information content (AvgIpc) is 2.84. The molecule has 1 fully saturated rings. The van der Waals surface area contributed by atoms with Crippen molar-refractivity contribution in [3.63, 3.8) is 0 Å². The van der Waals surface area contributed by atoms with Crippen LogP contribution in [0, 0.1) is 5.82 Å². The van der Waals surface area contributed by atoms with Crippen LogP contribution in [0.2, 0.25) is 0 Å². The highest BCUT2D eigenvalue weighted by atomic mass is 19.1. The van der Waals surface area contributed by atoms with Crippen LogP contribution >= 0.6 is 0 Å². The molecule has 0 spiro atoms. The molecule has 1 aliphatic heterocycles. The van der Waals surface area contributed by atoms with Crippen molar-refractivity contribution in [2.45, 2.75) is 45.3 Å². The molecule has 9 heteroatoms. The van der Waals surface area contributed by atoms with E-state index in [0.29, 0.717) is 43.3 Å². The number of hydrogen-bond acceptors (Lipinski definition) is 7. The minimum atomic E-state index is -0.524. The van der Waals surface area contributed by atoms with E-state index in [1.807, 2.05) is 51.1 Å². The molecule has 0 radical (unpaired) electrons. The Morgan fingerprint density at radius 1 is 1.11 bits per heavy atom. The number of carbonyl (C=O) groups is 1. The molecule has 0 bridgehead atoms. The molecule has 1 N–H and O–H groups in total. The van der Waals surface area contributed by atoms with E-state index in [-0.39, 0.29) is 17.8 Å². The number of hydrogen-bond donors (Lipinski definition) is 1. The highest BCUT2D eigenvalue weighted by molar-refractivity contribution is 5.74. The largest absolute Gasteiger partial charge is 0.481 e. The van der Waals surface area contributed by atoms with Crippen LogP contribution < -0.4 is 10.1 Å². The molecule has 0 aliphatic carbocycles. The summed E-state index contributed by atoms with van der Waals surface area (Å²) in [4.78, 5) is 26.8. The number of benzene rings is 1. The van der Waals surface area contributed by atoms with Crippen molar-refractivity contribution in [2.75, 3.05) is 25.5 Å². The molecule has 0 unspecified atom stereocenters. The highest BCUT2D eigenvalue weighted by Crippen LogP contribution is 2.31. The summed E-state index contributed by atoms with van der Waals surface area (Å²) in [5.74, 6) is 0.333. The third-order valence-electron chi connectivity index (χ3n) is 5.64. The van der Waals surface area contributed by atoms with Gasteiger partial charge in [0.2, 0.25) is 11.8 Å². The zero-order valence-corrected chi connectivity index (χ0v) is 20.4. The summed E-state index contributed by atoms with van der Waals surface area (Å²) in [5, 5.41) is 3.29. The van der Waals surface area contributed by atoms with Gasteiger partial charge in [0.1, 0.15) is 11.3 Å². The maximum Gasteiger partial charge on any atom is 0.410 e. The molecule has 8 nitrogen and oxygen atoms in total. The SMILES string of the molecule is COc1ncccc1-c1cccc(-c2nc(NC3CCN(C(=O)OC(C)(C)C)CC3)ncc2F)c1. The smallest absolute Gasteiger partial charge is 0.410 e. The summed E-state index contributed by atoms with van der Waals surface area (Å²) in [6.45, 7) is 6.69. The first kappa shape index (κ1) is 24.4. The van der Waals surface area contributed by atoms with Gasteiger partial charge in [-0.1, -0.05) is 18.2 Å². The van der Waals surface area contributed by atoms with Crippen LogP contribution in [-0.4, -0.2) is 57.8 Å². The van der Waals surface area contributed by atoms with Crippen LogP contribution in [0.4, 0.5) is 15.1 Å². The molecule has 4 rings (SSSR count). The van der Waals surface area contributed by atoms with Crippen molar-refractivity contribution in [1.29, 1.82) is 0 Å². The van der Waals surface area contributed by atoms with E-state index in [2.05, 4.69) is 20.3 Å². The van der Waals surface area contributed by atoms with E-state index in [1.165, 1.54) is 6.20 Å². The fourth-order valence-electron chi connectivity index (χ4n) is 3.96. The normalized spacial score (nSPS) is 14.5. The number of carbonyl (C=O) groups excluding carboxylic acids is 1. The second-order valence-electron chi connectivity index (χ2n) is 9.42. The lowest BCUT2D eigenvalue weighted by Gasteiger charge is -2.33. The van der Waals surface area contributed by atoms with Crippen LogP contribution in [0.1, 0.15) is 33.6 Å². The molecule has 35 heavy (non-hydrogen) atoms. The molecular formula is C26H30FN5O3. The number of piperidine rings is 1. The standard InChI is InChI=1S/C26H30FN5O3/c1-26(2,3)35-25(33)32-13-10-19(11-14-32)30-24-29-16-21(27)22(31-24)18-8-5-7-17(15-18)20-9-6-12-28-23(20)34-4/h5-9,12,15-16,19H,10-11,13-14H2,1-4H3,(H,29,30,31). The van der Waals surface area contributed by atoms with E-state index < -0.39 is 11.4 Å². The molecule has 0 atom stereocenters. The minimum Gasteiger partial charge on any atom is -0.481 e. The van der Waals surface area contributed by atoms with Crippen molar-refractivity contribution in [1.82, 2.24) is 19.9 Å². The maximum absolute atomic E-state index is 14.7. The Kier molecular flexibility index (Phi) is 7.14. The third-order valence-corrected chi connectivity index (χ3v) is 5.64. The third kappa shape index (κ3) is 6.03. The number of amides is 1. The van der Waals surface area contributed by atoms with Crippen molar-refractivity contribution in [2.24, 2.45) is 0 Å². The molecule has 1 saturated heterocycles. The van der Waals surface area contributed by atoms with Gasteiger partial charge in [-0.15, -0.1) is 0 Å². The molecule has 1 aromatic carbocycles. The summed E-state index contributed by atoms with van der Waals surface area (Å²) in [7, 11) is 1.57. The topological polar surface area (TPSA) is 89.5 Å². The molecule has 184 valence electrons. The summed E-state index contributed by atoms with van der Waals surface area (Å²) in [6, 6.07) is 11.2. The number of aromatic nitrogens is 3. The van der Waals surface area contributed by atoms with Gasteiger partial charge in [0.25, 0.3) is 0 Å². The Bertz CT molecular complexity index is 1190. The van der Waals surface area contributed by atoms with Crippen LogP contribution in [0.3, 0.4) is 0 Å². The van der Waals surface area contributed by atoms with Crippen LogP contribution in [0.25, 0.3) is 22.4 Å². The van der Waals surface area contributed by atoms with Gasteiger partial charge in [0, 0.05) is 36.5 Å². The number of halogens is 1. The van der Waals surface area contributed by atoms with Crippen molar-refractivity contribution < 1.29 is 18.7 Å². The van der Waals surface area contributed by atoms with Crippen LogP contribution in [0.15, 0.2) is 48.8 Å².